The van der Waals surface area contributed by atoms with Crippen molar-refractivity contribution < 1.29 is 0 Å². The van der Waals surface area contributed by atoms with E-state index in [2.05, 4.69) is 56.3 Å². The van der Waals surface area contributed by atoms with Gasteiger partial charge in [0.1, 0.15) is 11.6 Å². The molecule has 0 aliphatic heterocycles. The molecule has 33 heavy (non-hydrogen) atoms. The summed E-state index contributed by atoms with van der Waals surface area (Å²) >= 11 is 0. The van der Waals surface area contributed by atoms with Crippen LogP contribution in [0, 0.1) is 6.92 Å². The first-order valence-corrected chi connectivity index (χ1v) is 11.3. The van der Waals surface area contributed by atoms with E-state index in [9.17, 15) is 0 Å². The molecule has 0 unspecified atom stereocenters. The van der Waals surface area contributed by atoms with E-state index < -0.39 is 0 Å². The van der Waals surface area contributed by atoms with Crippen molar-refractivity contribution >= 4 is 35.4 Å². The fourth-order valence-electron chi connectivity index (χ4n) is 4.42. The van der Waals surface area contributed by atoms with Gasteiger partial charge in [-0.15, -0.1) is 5.10 Å². The zero-order valence-corrected chi connectivity index (χ0v) is 18.3. The van der Waals surface area contributed by atoms with Crippen molar-refractivity contribution in [2.75, 3.05) is 5.32 Å². The normalized spacial score (nSPS) is 13.4. The molecule has 0 bridgehead atoms. The fraction of sp³-hybridized carbons (Fsp3) is 0.320. The van der Waals surface area contributed by atoms with Crippen LogP contribution in [0.2, 0.25) is 0 Å². The number of nitrogens with zero attached hydrogens (tertiary/aromatic N) is 5. The maximum absolute atomic E-state index is 4.74. The summed E-state index contributed by atoms with van der Waals surface area (Å²) in [7, 11) is 0. The number of tetrazole rings is 1. The van der Waals surface area contributed by atoms with Crippen LogP contribution in [-0.4, -0.2) is 60.1 Å². The summed E-state index contributed by atoms with van der Waals surface area (Å²) in [5, 5.41) is 17.9. The second-order valence-electron chi connectivity index (χ2n) is 8.30. The molecular formula is C25H28N7Na. The quantitative estimate of drug-likeness (QED) is 0.443. The van der Waals surface area contributed by atoms with E-state index in [1.165, 1.54) is 42.5 Å². The topological polar surface area (TPSA) is 92.3 Å². The first-order valence-electron chi connectivity index (χ1n) is 11.3. The van der Waals surface area contributed by atoms with Crippen molar-refractivity contribution in [2.45, 2.75) is 52.0 Å². The Morgan fingerprint density at radius 1 is 0.879 bits per heavy atom. The van der Waals surface area contributed by atoms with Crippen LogP contribution in [0.3, 0.4) is 0 Å². The molecule has 0 atom stereocenters. The maximum atomic E-state index is 4.74. The Morgan fingerprint density at radius 2 is 1.64 bits per heavy atom. The summed E-state index contributed by atoms with van der Waals surface area (Å²) in [5.74, 6) is 2.52. The number of hydrogen-bond acceptors (Lipinski definition) is 6. The second kappa shape index (κ2) is 11.0. The third-order valence-electron chi connectivity index (χ3n) is 6.05. The molecule has 5 rings (SSSR count). The number of H-pyrrole nitrogens is 1. The molecule has 0 fully saturated rings. The van der Waals surface area contributed by atoms with E-state index >= 15 is 0 Å². The molecule has 1 aliphatic rings. The molecule has 0 radical (unpaired) electrons. The SMILES string of the molecule is Cc1nc2c(c(NCc3ccc(-c4ccccc4-c4nnn[nH]4)cc3)n1)CCCCCC2.[NaH]. The molecule has 164 valence electrons. The average Bonchev–Trinajstić information content (AvgIpc) is 3.34. The Hall–Kier alpha value is -2.61. The van der Waals surface area contributed by atoms with Gasteiger partial charge in [-0.1, -0.05) is 61.4 Å². The van der Waals surface area contributed by atoms with Gasteiger partial charge in [0.25, 0.3) is 0 Å². The van der Waals surface area contributed by atoms with Crippen LogP contribution in [-0.2, 0) is 19.4 Å². The summed E-state index contributed by atoms with van der Waals surface area (Å²) in [4.78, 5) is 9.47. The minimum atomic E-state index is 0. The number of aryl methyl sites for hydroxylation is 2. The van der Waals surface area contributed by atoms with Crippen LogP contribution < -0.4 is 5.32 Å². The van der Waals surface area contributed by atoms with Gasteiger partial charge >= 0.3 is 29.6 Å². The Kier molecular flexibility index (Phi) is 7.85. The standard InChI is InChI=1S/C25H27N7.Na.H/c1-17-27-23-11-5-3-2-4-10-22(23)24(28-17)26-16-18-12-14-19(15-13-18)20-8-6-7-9-21(20)25-29-31-32-30-25;;/h6-9,12-15H,2-5,10-11,16H2,1H3,(H,26,27,28)(H,29,30,31,32);;. The van der Waals surface area contributed by atoms with Crippen LogP contribution in [0.5, 0.6) is 0 Å². The molecule has 2 aromatic carbocycles. The summed E-state index contributed by atoms with van der Waals surface area (Å²) in [6.07, 6.45) is 7.14. The van der Waals surface area contributed by atoms with Gasteiger partial charge in [-0.05, 0) is 59.7 Å². The zero-order chi connectivity index (χ0) is 21.8. The number of hydrogen-bond donors (Lipinski definition) is 2. The molecule has 4 aromatic rings. The Labute approximate surface area is 216 Å². The predicted octanol–water partition coefficient (Wildman–Crippen LogP) is 4.25. The van der Waals surface area contributed by atoms with Crippen molar-refractivity contribution in [3.05, 3.63) is 71.2 Å². The summed E-state index contributed by atoms with van der Waals surface area (Å²) in [6, 6.07) is 16.8. The number of rotatable bonds is 5. The van der Waals surface area contributed by atoms with Crippen molar-refractivity contribution in [3.63, 3.8) is 0 Å². The first kappa shape index (κ1) is 23.5. The van der Waals surface area contributed by atoms with E-state index in [1.807, 2.05) is 25.1 Å². The Balaban J connectivity index is 0.00000259. The van der Waals surface area contributed by atoms with Gasteiger partial charge in [0.05, 0.1) is 0 Å². The molecule has 0 saturated carbocycles. The summed E-state index contributed by atoms with van der Waals surface area (Å²) in [5.41, 5.74) is 6.96. The molecule has 8 heteroatoms. The van der Waals surface area contributed by atoms with Crippen molar-refractivity contribution in [2.24, 2.45) is 0 Å². The van der Waals surface area contributed by atoms with E-state index in [-0.39, 0.29) is 29.6 Å². The van der Waals surface area contributed by atoms with Gasteiger partial charge in [-0.25, -0.2) is 15.1 Å². The van der Waals surface area contributed by atoms with Crippen molar-refractivity contribution in [3.8, 4) is 22.5 Å². The van der Waals surface area contributed by atoms with Gasteiger partial charge in [0, 0.05) is 23.4 Å². The van der Waals surface area contributed by atoms with Crippen LogP contribution >= 0.6 is 0 Å². The van der Waals surface area contributed by atoms with Gasteiger partial charge in [0.2, 0.25) is 0 Å². The van der Waals surface area contributed by atoms with Gasteiger partial charge < -0.3 is 5.32 Å². The molecular weight excluding hydrogens is 421 g/mol. The van der Waals surface area contributed by atoms with Gasteiger partial charge in [-0.2, -0.15) is 0 Å². The minimum absolute atomic E-state index is 0. The summed E-state index contributed by atoms with van der Waals surface area (Å²) in [6.45, 7) is 2.72. The molecule has 0 amide bonds. The molecule has 2 aromatic heterocycles. The van der Waals surface area contributed by atoms with Gasteiger partial charge in [-0.3, -0.25) is 0 Å². The Morgan fingerprint density at radius 3 is 2.39 bits per heavy atom. The third kappa shape index (κ3) is 5.49. The number of anilines is 1. The van der Waals surface area contributed by atoms with Crippen LogP contribution in [0.25, 0.3) is 22.5 Å². The number of aromatic amines is 1. The molecule has 1 aliphatic carbocycles. The molecule has 2 heterocycles. The van der Waals surface area contributed by atoms with Crippen LogP contribution in [0.4, 0.5) is 5.82 Å². The van der Waals surface area contributed by atoms with E-state index in [4.69, 9.17) is 9.97 Å². The van der Waals surface area contributed by atoms with Crippen molar-refractivity contribution in [1.82, 2.24) is 30.6 Å². The molecule has 7 nitrogen and oxygen atoms in total. The molecule has 0 spiro atoms. The zero-order valence-electron chi connectivity index (χ0n) is 18.3. The second-order valence-corrected chi connectivity index (χ2v) is 8.30. The average molecular weight is 450 g/mol. The third-order valence-corrected chi connectivity index (χ3v) is 6.05. The number of fused-ring (bicyclic) bond motifs is 1. The van der Waals surface area contributed by atoms with Crippen LogP contribution in [0.15, 0.2) is 48.5 Å². The number of aromatic nitrogens is 6. The predicted molar refractivity (Wildman–Crippen MR) is 132 cm³/mol. The number of benzene rings is 2. The van der Waals surface area contributed by atoms with Crippen LogP contribution in [0.1, 0.15) is 48.3 Å². The first-order chi connectivity index (χ1) is 15.8. The summed E-state index contributed by atoms with van der Waals surface area (Å²) < 4.78 is 0. The molecule has 2 N–H and O–H groups in total. The van der Waals surface area contributed by atoms with E-state index in [1.54, 1.807) is 0 Å². The number of nitrogens with one attached hydrogen (secondary N) is 2. The van der Waals surface area contributed by atoms with E-state index in [0.717, 1.165) is 47.7 Å². The Bertz CT molecular complexity index is 1190. The van der Waals surface area contributed by atoms with Crippen molar-refractivity contribution in [1.29, 1.82) is 0 Å². The van der Waals surface area contributed by atoms with E-state index in [0.29, 0.717) is 5.82 Å². The molecule has 0 saturated heterocycles. The van der Waals surface area contributed by atoms with Gasteiger partial charge in [0.15, 0.2) is 5.82 Å². The monoisotopic (exact) mass is 449 g/mol. The fourth-order valence-corrected chi connectivity index (χ4v) is 4.42.